The summed E-state index contributed by atoms with van der Waals surface area (Å²) in [7, 11) is 0. The van der Waals surface area contributed by atoms with Gasteiger partial charge in [-0.3, -0.25) is 9.69 Å². The number of thiazole rings is 1. The molecule has 1 aromatic heterocycles. The summed E-state index contributed by atoms with van der Waals surface area (Å²) < 4.78 is 5.70. The van der Waals surface area contributed by atoms with Crippen LogP contribution in [-0.2, 0) is 16.1 Å². The van der Waals surface area contributed by atoms with Gasteiger partial charge in [0.1, 0.15) is 0 Å². The number of nitrogens with one attached hydrogen (secondary N) is 1. The van der Waals surface area contributed by atoms with Crippen molar-refractivity contribution in [2.75, 3.05) is 18.4 Å². The molecule has 0 bridgehead atoms. The molecule has 1 amide bonds. The van der Waals surface area contributed by atoms with E-state index in [-0.39, 0.29) is 18.1 Å². The first-order valence-corrected chi connectivity index (χ1v) is 7.00. The number of anilines is 1. The molecule has 1 N–H and O–H groups in total. The molecule has 5 nitrogen and oxygen atoms in total. The molecule has 0 unspecified atom stereocenters. The number of amides is 1. The van der Waals surface area contributed by atoms with Gasteiger partial charge in [-0.15, -0.1) is 11.3 Å². The predicted molar refractivity (Wildman–Crippen MR) is 71.7 cm³/mol. The predicted octanol–water partition coefficient (Wildman–Crippen LogP) is 1.71. The smallest absolute Gasteiger partial charge is 0.223 e. The number of carbonyl (C=O) groups is 1. The maximum atomic E-state index is 10.9. The first-order valence-electron chi connectivity index (χ1n) is 6.12. The molecule has 18 heavy (non-hydrogen) atoms. The van der Waals surface area contributed by atoms with Crippen LogP contribution in [0.2, 0.25) is 0 Å². The minimum absolute atomic E-state index is 0.0792. The van der Waals surface area contributed by atoms with Crippen molar-refractivity contribution in [3.63, 3.8) is 0 Å². The molecule has 0 saturated carbocycles. The lowest BCUT2D eigenvalue weighted by Crippen LogP contribution is -2.44. The lowest BCUT2D eigenvalue weighted by Gasteiger charge is -2.34. The first-order chi connectivity index (χ1) is 8.52. The molecule has 1 aliphatic rings. The largest absolute Gasteiger partial charge is 0.373 e. The zero-order valence-corrected chi connectivity index (χ0v) is 11.8. The van der Waals surface area contributed by atoms with Crippen LogP contribution < -0.4 is 5.32 Å². The number of carbonyl (C=O) groups excluding carboxylic acids is 1. The van der Waals surface area contributed by atoms with Crippen molar-refractivity contribution >= 4 is 22.4 Å². The van der Waals surface area contributed by atoms with Gasteiger partial charge in [0, 0.05) is 31.9 Å². The molecule has 2 heterocycles. The van der Waals surface area contributed by atoms with Crippen LogP contribution in [0.3, 0.4) is 0 Å². The quantitative estimate of drug-likeness (QED) is 0.907. The molecule has 1 fully saturated rings. The Balaban J connectivity index is 1.92. The number of hydrogen-bond donors (Lipinski definition) is 1. The van der Waals surface area contributed by atoms with E-state index < -0.39 is 0 Å². The highest BCUT2D eigenvalue weighted by Crippen LogP contribution is 2.19. The van der Waals surface area contributed by atoms with Gasteiger partial charge in [0.15, 0.2) is 5.13 Å². The molecule has 100 valence electrons. The molecule has 0 aliphatic carbocycles. The third-order valence-electron chi connectivity index (χ3n) is 2.72. The van der Waals surface area contributed by atoms with Crippen molar-refractivity contribution in [3.05, 3.63) is 11.1 Å². The fourth-order valence-corrected chi connectivity index (χ4v) is 2.98. The van der Waals surface area contributed by atoms with E-state index in [1.807, 2.05) is 5.38 Å². The summed E-state index contributed by atoms with van der Waals surface area (Å²) >= 11 is 1.47. The van der Waals surface area contributed by atoms with Crippen molar-refractivity contribution in [1.29, 1.82) is 0 Å². The number of rotatable bonds is 3. The average Bonchev–Trinajstić information content (AvgIpc) is 2.62. The van der Waals surface area contributed by atoms with E-state index in [1.165, 1.54) is 18.3 Å². The third-order valence-corrected chi connectivity index (χ3v) is 3.52. The van der Waals surface area contributed by atoms with Crippen molar-refractivity contribution in [2.24, 2.45) is 0 Å². The Hall–Kier alpha value is -0.980. The Bertz CT molecular complexity index is 411. The summed E-state index contributed by atoms with van der Waals surface area (Å²) in [6.07, 6.45) is 0.532. The molecular weight excluding hydrogens is 250 g/mol. The monoisotopic (exact) mass is 269 g/mol. The van der Waals surface area contributed by atoms with Gasteiger partial charge in [0.2, 0.25) is 5.91 Å². The summed E-state index contributed by atoms with van der Waals surface area (Å²) in [5, 5.41) is 5.37. The van der Waals surface area contributed by atoms with E-state index in [0.717, 1.165) is 25.3 Å². The number of ether oxygens (including phenoxy) is 1. The van der Waals surface area contributed by atoms with Gasteiger partial charge in [-0.1, -0.05) is 0 Å². The van der Waals surface area contributed by atoms with Crippen LogP contribution in [0.5, 0.6) is 0 Å². The van der Waals surface area contributed by atoms with Gasteiger partial charge in [-0.05, 0) is 13.8 Å². The number of nitrogens with zero attached hydrogens (tertiary/aromatic N) is 2. The van der Waals surface area contributed by atoms with Crippen LogP contribution in [0.1, 0.15) is 26.5 Å². The highest BCUT2D eigenvalue weighted by Gasteiger charge is 2.22. The molecular formula is C12H19N3O2S. The lowest BCUT2D eigenvalue weighted by molar-refractivity contribution is -0.114. The minimum Gasteiger partial charge on any atom is -0.373 e. The van der Waals surface area contributed by atoms with Crippen LogP contribution in [0.15, 0.2) is 5.38 Å². The van der Waals surface area contributed by atoms with E-state index in [4.69, 9.17) is 4.74 Å². The standard InChI is InChI=1S/C12H19N3O2S/c1-8-4-15(5-9(2)17-8)6-11-7-18-12(14-11)13-10(3)16/h7-9H,4-6H2,1-3H3,(H,13,14,16)/t8-,9-/m0/s1. The van der Waals surface area contributed by atoms with Crippen LogP contribution in [-0.4, -0.2) is 41.1 Å². The van der Waals surface area contributed by atoms with E-state index >= 15 is 0 Å². The van der Waals surface area contributed by atoms with Gasteiger partial charge in [-0.25, -0.2) is 4.98 Å². The van der Waals surface area contributed by atoms with Crippen molar-refractivity contribution in [2.45, 2.75) is 39.5 Å². The average molecular weight is 269 g/mol. The number of hydrogen-bond acceptors (Lipinski definition) is 5. The van der Waals surface area contributed by atoms with Gasteiger partial charge >= 0.3 is 0 Å². The van der Waals surface area contributed by atoms with E-state index in [9.17, 15) is 4.79 Å². The van der Waals surface area contributed by atoms with Gasteiger partial charge in [0.25, 0.3) is 0 Å². The summed E-state index contributed by atoms with van der Waals surface area (Å²) in [6.45, 7) is 8.34. The molecule has 0 radical (unpaired) electrons. The Morgan fingerprint density at radius 3 is 2.83 bits per heavy atom. The normalized spacial score (nSPS) is 25.1. The third kappa shape index (κ3) is 3.76. The van der Waals surface area contributed by atoms with Gasteiger partial charge < -0.3 is 10.1 Å². The van der Waals surface area contributed by atoms with Crippen LogP contribution >= 0.6 is 11.3 Å². The van der Waals surface area contributed by atoms with Gasteiger partial charge in [-0.2, -0.15) is 0 Å². The Kier molecular flexibility index (Phi) is 4.31. The molecule has 0 aromatic carbocycles. The molecule has 0 spiro atoms. The van der Waals surface area contributed by atoms with Gasteiger partial charge in [0.05, 0.1) is 17.9 Å². The first kappa shape index (κ1) is 13.5. The Morgan fingerprint density at radius 2 is 2.22 bits per heavy atom. The summed E-state index contributed by atoms with van der Waals surface area (Å²) in [6, 6.07) is 0. The Morgan fingerprint density at radius 1 is 1.56 bits per heavy atom. The van der Waals surface area contributed by atoms with E-state index in [0.29, 0.717) is 5.13 Å². The highest BCUT2D eigenvalue weighted by atomic mass is 32.1. The van der Waals surface area contributed by atoms with E-state index in [1.54, 1.807) is 0 Å². The maximum Gasteiger partial charge on any atom is 0.223 e. The van der Waals surface area contributed by atoms with Crippen LogP contribution in [0.25, 0.3) is 0 Å². The summed E-state index contributed by atoms with van der Waals surface area (Å²) in [5.41, 5.74) is 1.00. The van der Waals surface area contributed by atoms with Crippen LogP contribution in [0, 0.1) is 0 Å². The van der Waals surface area contributed by atoms with Crippen molar-refractivity contribution < 1.29 is 9.53 Å². The molecule has 2 rings (SSSR count). The molecule has 6 heteroatoms. The zero-order valence-electron chi connectivity index (χ0n) is 11.0. The lowest BCUT2D eigenvalue weighted by atomic mass is 10.2. The second kappa shape index (κ2) is 5.77. The summed E-state index contributed by atoms with van der Waals surface area (Å²) in [5.74, 6) is -0.0792. The minimum atomic E-state index is -0.0792. The maximum absolute atomic E-state index is 10.9. The summed E-state index contributed by atoms with van der Waals surface area (Å²) in [4.78, 5) is 17.7. The molecule has 1 aliphatic heterocycles. The van der Waals surface area contributed by atoms with Crippen LogP contribution in [0.4, 0.5) is 5.13 Å². The second-order valence-electron chi connectivity index (χ2n) is 4.78. The fraction of sp³-hybridized carbons (Fsp3) is 0.667. The Labute approximate surface area is 111 Å². The van der Waals surface area contributed by atoms with Crippen molar-refractivity contribution in [3.8, 4) is 0 Å². The molecule has 1 saturated heterocycles. The molecule has 2 atom stereocenters. The zero-order chi connectivity index (χ0) is 13.1. The fourth-order valence-electron chi connectivity index (χ4n) is 2.23. The number of aromatic nitrogens is 1. The topological polar surface area (TPSA) is 54.5 Å². The van der Waals surface area contributed by atoms with Crippen molar-refractivity contribution in [1.82, 2.24) is 9.88 Å². The second-order valence-corrected chi connectivity index (χ2v) is 5.63. The molecule has 1 aromatic rings. The van der Waals surface area contributed by atoms with E-state index in [2.05, 4.69) is 29.0 Å². The SMILES string of the molecule is CC(=O)Nc1nc(CN2C[C@H](C)O[C@@H](C)C2)cs1. The highest BCUT2D eigenvalue weighted by molar-refractivity contribution is 7.13. The number of morpholine rings is 1.